The van der Waals surface area contributed by atoms with Gasteiger partial charge in [-0.15, -0.1) is 11.3 Å². The van der Waals surface area contributed by atoms with Gasteiger partial charge >= 0.3 is 0 Å². The van der Waals surface area contributed by atoms with Crippen LogP contribution < -0.4 is 0 Å². The molecule has 0 aromatic carbocycles. The molecule has 1 saturated heterocycles. The molecule has 0 unspecified atom stereocenters. The minimum atomic E-state index is -0.342. The van der Waals surface area contributed by atoms with Gasteiger partial charge < -0.3 is 14.5 Å². The first-order chi connectivity index (χ1) is 12.0. The van der Waals surface area contributed by atoms with Gasteiger partial charge in [0.2, 0.25) is 5.78 Å². The summed E-state index contributed by atoms with van der Waals surface area (Å²) in [6.07, 6.45) is -0.0212. The van der Waals surface area contributed by atoms with Crippen LogP contribution in [0.4, 0.5) is 0 Å². The SMILES string of the molecule is CN(C)CCN=C1CC(=O)c2sc(C(=O)N3CCOCC3)nc2C1=O. The average molecular weight is 364 g/mol. The van der Waals surface area contributed by atoms with Crippen LogP contribution in [0.15, 0.2) is 4.99 Å². The van der Waals surface area contributed by atoms with Crippen molar-refractivity contribution in [1.29, 1.82) is 0 Å². The number of ketones is 2. The smallest absolute Gasteiger partial charge is 0.283 e. The summed E-state index contributed by atoms with van der Waals surface area (Å²) >= 11 is 1.00. The molecule has 1 aromatic rings. The van der Waals surface area contributed by atoms with Crippen molar-refractivity contribution in [2.45, 2.75) is 6.42 Å². The third-order valence-electron chi connectivity index (χ3n) is 4.02. The molecule has 0 N–H and O–H groups in total. The van der Waals surface area contributed by atoms with E-state index in [0.29, 0.717) is 39.4 Å². The van der Waals surface area contributed by atoms with E-state index in [4.69, 9.17) is 4.74 Å². The van der Waals surface area contributed by atoms with Crippen LogP contribution in [-0.2, 0) is 4.74 Å². The molecule has 1 aliphatic heterocycles. The molecule has 8 nitrogen and oxygen atoms in total. The van der Waals surface area contributed by atoms with Crippen LogP contribution in [0.3, 0.4) is 0 Å². The lowest BCUT2D eigenvalue weighted by Crippen LogP contribution is -2.40. The lowest BCUT2D eigenvalue weighted by atomic mass is 9.98. The van der Waals surface area contributed by atoms with Crippen molar-refractivity contribution in [2.24, 2.45) is 4.99 Å². The molecule has 1 amide bonds. The number of aliphatic imine (C=N–C) groups is 1. The first-order valence-electron chi connectivity index (χ1n) is 8.11. The fraction of sp³-hybridized carbons (Fsp3) is 0.562. The van der Waals surface area contributed by atoms with Gasteiger partial charge in [0.05, 0.1) is 31.9 Å². The zero-order valence-corrected chi connectivity index (χ0v) is 15.1. The van der Waals surface area contributed by atoms with Gasteiger partial charge in [-0.05, 0) is 14.1 Å². The van der Waals surface area contributed by atoms with E-state index < -0.39 is 0 Å². The standard InChI is InChI=1S/C16H20N4O4S/c1-19(2)4-3-17-10-9-11(21)14-12(13(10)22)18-15(25-14)16(23)20-5-7-24-8-6-20/h3-9H2,1-2H3. The van der Waals surface area contributed by atoms with Crippen LogP contribution in [-0.4, -0.2) is 91.5 Å². The lowest BCUT2D eigenvalue weighted by Gasteiger charge is -2.25. The number of rotatable bonds is 4. The third-order valence-corrected chi connectivity index (χ3v) is 5.10. The maximum Gasteiger partial charge on any atom is 0.283 e. The maximum absolute atomic E-state index is 12.6. The van der Waals surface area contributed by atoms with E-state index in [1.807, 2.05) is 19.0 Å². The molecule has 3 rings (SSSR count). The van der Waals surface area contributed by atoms with Gasteiger partial charge in [-0.25, -0.2) is 4.98 Å². The molecule has 0 spiro atoms. The Kier molecular flexibility index (Phi) is 5.36. The Morgan fingerprint density at radius 2 is 2.04 bits per heavy atom. The summed E-state index contributed by atoms with van der Waals surface area (Å²) in [7, 11) is 3.83. The number of thiazole rings is 1. The lowest BCUT2D eigenvalue weighted by molar-refractivity contribution is 0.0302. The van der Waals surface area contributed by atoms with Gasteiger partial charge in [0, 0.05) is 19.6 Å². The number of carbonyl (C=O) groups is 3. The van der Waals surface area contributed by atoms with Crippen molar-refractivity contribution in [2.75, 3.05) is 53.5 Å². The predicted molar refractivity (Wildman–Crippen MR) is 93.0 cm³/mol. The second kappa shape index (κ2) is 7.51. The van der Waals surface area contributed by atoms with Gasteiger partial charge in [-0.1, -0.05) is 0 Å². The number of aromatic nitrogens is 1. The number of Topliss-reactive ketones (excluding diaryl/α,β-unsaturated/α-hetero) is 2. The Morgan fingerprint density at radius 3 is 2.72 bits per heavy atom. The molecular formula is C16H20N4O4S. The van der Waals surface area contributed by atoms with Crippen LogP contribution in [0.5, 0.6) is 0 Å². The topological polar surface area (TPSA) is 92.2 Å². The van der Waals surface area contributed by atoms with Crippen molar-refractivity contribution in [3.8, 4) is 0 Å². The molecule has 134 valence electrons. The number of carbonyl (C=O) groups excluding carboxylic acids is 3. The Morgan fingerprint density at radius 1 is 1.32 bits per heavy atom. The van der Waals surface area contributed by atoms with Gasteiger partial charge in [0.25, 0.3) is 5.91 Å². The average Bonchev–Trinajstić information content (AvgIpc) is 3.05. The minimum Gasteiger partial charge on any atom is -0.378 e. The maximum atomic E-state index is 12.6. The quantitative estimate of drug-likeness (QED) is 0.767. The van der Waals surface area contributed by atoms with E-state index in [9.17, 15) is 14.4 Å². The largest absolute Gasteiger partial charge is 0.378 e. The summed E-state index contributed by atoms with van der Waals surface area (Å²) in [5.41, 5.74) is 0.302. The summed E-state index contributed by atoms with van der Waals surface area (Å²) < 4.78 is 5.23. The van der Waals surface area contributed by atoms with E-state index in [1.165, 1.54) is 0 Å². The number of ether oxygens (including phenoxy) is 1. The third kappa shape index (κ3) is 3.83. The number of hydrogen-bond acceptors (Lipinski definition) is 8. The molecule has 2 heterocycles. The highest BCUT2D eigenvalue weighted by molar-refractivity contribution is 7.16. The van der Waals surface area contributed by atoms with Crippen LogP contribution in [0.1, 0.15) is 36.4 Å². The Hall–Kier alpha value is -1.97. The van der Waals surface area contributed by atoms with Crippen molar-refractivity contribution < 1.29 is 19.1 Å². The summed E-state index contributed by atoms with van der Waals surface area (Å²) in [6.45, 7) is 3.08. The number of hydrogen-bond donors (Lipinski definition) is 0. The second-order valence-electron chi connectivity index (χ2n) is 6.16. The van der Waals surface area contributed by atoms with Crippen LogP contribution in [0.2, 0.25) is 0 Å². The molecule has 0 radical (unpaired) electrons. The van der Waals surface area contributed by atoms with Gasteiger partial charge in [-0.2, -0.15) is 0 Å². The molecule has 0 atom stereocenters. The molecule has 9 heteroatoms. The van der Waals surface area contributed by atoms with Crippen LogP contribution in [0.25, 0.3) is 0 Å². The summed E-state index contributed by atoms with van der Waals surface area (Å²) in [5.74, 6) is -0.795. The van der Waals surface area contributed by atoms with Gasteiger partial charge in [0.1, 0.15) is 10.6 Å². The normalized spacial score (nSPS) is 19.6. The van der Waals surface area contributed by atoms with Crippen molar-refractivity contribution in [3.05, 3.63) is 15.6 Å². The van der Waals surface area contributed by atoms with E-state index >= 15 is 0 Å². The van der Waals surface area contributed by atoms with Gasteiger partial charge in [-0.3, -0.25) is 19.4 Å². The summed E-state index contributed by atoms with van der Waals surface area (Å²) in [4.78, 5) is 49.7. The first-order valence-corrected chi connectivity index (χ1v) is 8.93. The monoisotopic (exact) mass is 364 g/mol. The number of nitrogens with zero attached hydrogens (tertiary/aromatic N) is 4. The Balaban J connectivity index is 1.81. The highest BCUT2D eigenvalue weighted by Crippen LogP contribution is 2.27. The second-order valence-corrected chi connectivity index (χ2v) is 7.16. The fourth-order valence-electron chi connectivity index (χ4n) is 2.62. The Bertz CT molecular complexity index is 734. The summed E-state index contributed by atoms with van der Waals surface area (Å²) in [5, 5.41) is 0.183. The van der Waals surface area contributed by atoms with Crippen molar-refractivity contribution in [3.63, 3.8) is 0 Å². The summed E-state index contributed by atoms with van der Waals surface area (Å²) in [6, 6.07) is 0. The Labute approximate surface area is 149 Å². The molecule has 25 heavy (non-hydrogen) atoms. The molecule has 1 aromatic heterocycles. The van der Waals surface area contributed by atoms with Crippen molar-refractivity contribution in [1.82, 2.24) is 14.8 Å². The van der Waals surface area contributed by atoms with Crippen molar-refractivity contribution >= 4 is 34.5 Å². The van der Waals surface area contributed by atoms with E-state index in [2.05, 4.69) is 9.98 Å². The molecule has 2 aliphatic rings. The number of amides is 1. The molecule has 0 bridgehead atoms. The van der Waals surface area contributed by atoms with E-state index in [1.54, 1.807) is 4.90 Å². The van der Waals surface area contributed by atoms with Crippen LogP contribution in [0, 0.1) is 0 Å². The molecule has 0 saturated carbocycles. The minimum absolute atomic E-state index is 0.0212. The first kappa shape index (κ1) is 17.8. The fourth-order valence-corrected chi connectivity index (χ4v) is 3.59. The number of likely N-dealkylation sites (N-methyl/N-ethyl adjacent to an activating group) is 1. The molecule has 1 aliphatic carbocycles. The molecule has 1 fully saturated rings. The zero-order valence-electron chi connectivity index (χ0n) is 14.3. The highest BCUT2D eigenvalue weighted by atomic mass is 32.1. The highest BCUT2D eigenvalue weighted by Gasteiger charge is 2.35. The molecular weight excluding hydrogens is 344 g/mol. The predicted octanol–water partition coefficient (Wildman–Crippen LogP) is 0.387. The van der Waals surface area contributed by atoms with E-state index in [0.717, 1.165) is 11.3 Å². The van der Waals surface area contributed by atoms with Crippen LogP contribution >= 0.6 is 11.3 Å². The van der Waals surface area contributed by atoms with Gasteiger partial charge in [0.15, 0.2) is 10.8 Å². The zero-order chi connectivity index (χ0) is 18.0. The van der Waals surface area contributed by atoms with E-state index in [-0.39, 0.29) is 45.2 Å². The number of fused-ring (bicyclic) bond motifs is 1. The number of morpholine rings is 1.